The van der Waals surface area contributed by atoms with Gasteiger partial charge in [0.15, 0.2) is 0 Å². The summed E-state index contributed by atoms with van der Waals surface area (Å²) >= 11 is 0. The number of ether oxygens (including phenoxy) is 1. The number of carbonyl (C=O) groups is 1. The van der Waals surface area contributed by atoms with Crippen LogP contribution in [0.3, 0.4) is 0 Å². The molecular formula is C20H29NO3. The summed E-state index contributed by atoms with van der Waals surface area (Å²) in [5.41, 5.74) is 2.77. The van der Waals surface area contributed by atoms with E-state index in [0.717, 1.165) is 23.4 Å². The lowest BCUT2D eigenvalue weighted by molar-refractivity contribution is 0.142. The average Bonchev–Trinajstić information content (AvgIpc) is 2.47. The second-order valence-corrected chi connectivity index (χ2v) is 7.46. The SMILES string of the molecule is C=C(C)Nc1ccc(OC(=O)O)c(C2CC(C)CCC2C(C)C)c1. The maximum atomic E-state index is 11.1. The lowest BCUT2D eigenvalue weighted by Gasteiger charge is -2.38. The summed E-state index contributed by atoms with van der Waals surface area (Å²) in [5.74, 6) is 2.50. The zero-order chi connectivity index (χ0) is 17.9. The van der Waals surface area contributed by atoms with Gasteiger partial charge in [-0.3, -0.25) is 0 Å². The van der Waals surface area contributed by atoms with Gasteiger partial charge in [0, 0.05) is 16.9 Å². The topological polar surface area (TPSA) is 58.6 Å². The second-order valence-electron chi connectivity index (χ2n) is 7.46. The first kappa shape index (κ1) is 18.4. The maximum Gasteiger partial charge on any atom is 0.511 e. The van der Waals surface area contributed by atoms with Crippen LogP contribution in [0.5, 0.6) is 5.75 Å². The highest BCUT2D eigenvalue weighted by Crippen LogP contribution is 2.47. The van der Waals surface area contributed by atoms with E-state index in [4.69, 9.17) is 9.84 Å². The molecule has 3 atom stereocenters. The Morgan fingerprint density at radius 1 is 1.38 bits per heavy atom. The molecule has 1 aliphatic carbocycles. The molecule has 2 rings (SSSR count). The average molecular weight is 331 g/mol. The fourth-order valence-corrected chi connectivity index (χ4v) is 3.91. The van der Waals surface area contributed by atoms with Gasteiger partial charge in [-0.1, -0.05) is 33.8 Å². The van der Waals surface area contributed by atoms with Crippen molar-refractivity contribution in [2.24, 2.45) is 17.8 Å². The first-order valence-corrected chi connectivity index (χ1v) is 8.75. The molecule has 24 heavy (non-hydrogen) atoms. The molecule has 0 aromatic heterocycles. The van der Waals surface area contributed by atoms with Gasteiger partial charge >= 0.3 is 6.16 Å². The molecule has 4 heteroatoms. The van der Waals surface area contributed by atoms with Gasteiger partial charge in [0.25, 0.3) is 0 Å². The minimum absolute atomic E-state index is 0.315. The lowest BCUT2D eigenvalue weighted by Crippen LogP contribution is -2.26. The molecule has 0 aliphatic heterocycles. The third kappa shape index (κ3) is 4.53. The summed E-state index contributed by atoms with van der Waals surface area (Å²) < 4.78 is 5.09. The Kier molecular flexibility index (Phi) is 5.92. The standard InChI is InChI=1S/C20H29NO3/c1-12(2)16-8-6-14(5)10-17(16)18-11-15(21-13(3)4)7-9-19(18)24-20(22)23/h7,9,11-12,14,16-17,21H,3,6,8,10H2,1-2,4-5H3,(H,22,23). The third-order valence-corrected chi connectivity index (χ3v) is 4.99. The van der Waals surface area contributed by atoms with E-state index in [1.54, 1.807) is 6.07 Å². The molecule has 0 bridgehead atoms. The highest BCUT2D eigenvalue weighted by molar-refractivity contribution is 5.64. The van der Waals surface area contributed by atoms with Crippen molar-refractivity contribution in [2.75, 3.05) is 5.32 Å². The number of allylic oxidation sites excluding steroid dienone is 1. The molecule has 0 saturated heterocycles. The molecule has 132 valence electrons. The van der Waals surface area contributed by atoms with Crippen LogP contribution in [-0.2, 0) is 0 Å². The molecule has 0 amide bonds. The lowest BCUT2D eigenvalue weighted by atomic mass is 9.67. The predicted molar refractivity (Wildman–Crippen MR) is 97.6 cm³/mol. The van der Waals surface area contributed by atoms with Gasteiger partial charge in [-0.25, -0.2) is 4.79 Å². The molecule has 0 spiro atoms. The second kappa shape index (κ2) is 7.73. The van der Waals surface area contributed by atoms with E-state index in [0.29, 0.717) is 29.4 Å². The summed E-state index contributed by atoms with van der Waals surface area (Å²) in [6.07, 6.45) is 2.21. The minimum atomic E-state index is -1.26. The van der Waals surface area contributed by atoms with Crippen LogP contribution in [-0.4, -0.2) is 11.3 Å². The molecule has 0 heterocycles. The Labute approximate surface area is 144 Å². The molecule has 2 N–H and O–H groups in total. The number of rotatable bonds is 5. The van der Waals surface area contributed by atoms with E-state index in [-0.39, 0.29) is 0 Å². The Balaban J connectivity index is 2.45. The summed E-state index contributed by atoms with van der Waals surface area (Å²) in [5, 5.41) is 12.3. The van der Waals surface area contributed by atoms with Crippen LogP contribution < -0.4 is 10.1 Å². The van der Waals surface area contributed by atoms with Crippen molar-refractivity contribution < 1.29 is 14.6 Å². The molecule has 1 fully saturated rings. The molecule has 3 unspecified atom stereocenters. The van der Waals surface area contributed by atoms with Crippen LogP contribution in [0.2, 0.25) is 0 Å². The summed E-state index contributed by atoms with van der Waals surface area (Å²) in [6, 6.07) is 5.63. The molecule has 0 radical (unpaired) electrons. The van der Waals surface area contributed by atoms with E-state index in [9.17, 15) is 4.79 Å². The first-order chi connectivity index (χ1) is 11.3. The maximum absolute atomic E-state index is 11.1. The smallest absolute Gasteiger partial charge is 0.449 e. The van der Waals surface area contributed by atoms with E-state index in [1.807, 2.05) is 19.1 Å². The Morgan fingerprint density at radius 3 is 2.67 bits per heavy atom. The Hall–Kier alpha value is -1.97. The van der Waals surface area contributed by atoms with Crippen molar-refractivity contribution in [1.82, 2.24) is 0 Å². The molecule has 1 aliphatic rings. The van der Waals surface area contributed by atoms with Crippen molar-refractivity contribution in [3.63, 3.8) is 0 Å². The van der Waals surface area contributed by atoms with Crippen LogP contribution in [0.15, 0.2) is 30.5 Å². The van der Waals surface area contributed by atoms with Crippen molar-refractivity contribution in [1.29, 1.82) is 0 Å². The fourth-order valence-electron chi connectivity index (χ4n) is 3.91. The minimum Gasteiger partial charge on any atom is -0.449 e. The van der Waals surface area contributed by atoms with Gasteiger partial charge in [0.05, 0.1) is 0 Å². The molecule has 1 saturated carbocycles. The zero-order valence-corrected chi connectivity index (χ0v) is 15.1. The van der Waals surface area contributed by atoms with Crippen LogP contribution in [0.1, 0.15) is 58.4 Å². The normalized spacial score (nSPS) is 23.8. The van der Waals surface area contributed by atoms with Crippen LogP contribution in [0.25, 0.3) is 0 Å². The Morgan fingerprint density at radius 2 is 2.08 bits per heavy atom. The predicted octanol–water partition coefficient (Wildman–Crippen LogP) is 5.86. The van der Waals surface area contributed by atoms with E-state index >= 15 is 0 Å². The van der Waals surface area contributed by atoms with Gasteiger partial charge in [0.2, 0.25) is 0 Å². The van der Waals surface area contributed by atoms with Crippen molar-refractivity contribution >= 4 is 11.8 Å². The number of benzene rings is 1. The highest BCUT2D eigenvalue weighted by Gasteiger charge is 2.33. The number of anilines is 1. The van der Waals surface area contributed by atoms with Gasteiger partial charge < -0.3 is 15.2 Å². The number of carboxylic acid groups (broad SMARTS) is 1. The van der Waals surface area contributed by atoms with Gasteiger partial charge in [-0.05, 0) is 61.6 Å². The largest absolute Gasteiger partial charge is 0.511 e. The number of hydrogen-bond donors (Lipinski definition) is 2. The quantitative estimate of drug-likeness (QED) is 0.523. The monoisotopic (exact) mass is 331 g/mol. The van der Waals surface area contributed by atoms with Crippen molar-refractivity contribution in [3.05, 3.63) is 36.0 Å². The van der Waals surface area contributed by atoms with E-state index in [1.165, 1.54) is 12.8 Å². The van der Waals surface area contributed by atoms with Gasteiger partial charge in [-0.2, -0.15) is 0 Å². The molecular weight excluding hydrogens is 302 g/mol. The van der Waals surface area contributed by atoms with Crippen molar-refractivity contribution in [2.45, 2.75) is 52.9 Å². The van der Waals surface area contributed by atoms with E-state index in [2.05, 4.69) is 32.7 Å². The zero-order valence-electron chi connectivity index (χ0n) is 15.1. The molecule has 4 nitrogen and oxygen atoms in total. The van der Waals surface area contributed by atoms with Crippen LogP contribution in [0, 0.1) is 17.8 Å². The first-order valence-electron chi connectivity index (χ1n) is 8.75. The van der Waals surface area contributed by atoms with Gasteiger partial charge in [-0.15, -0.1) is 0 Å². The fraction of sp³-hybridized carbons (Fsp3) is 0.550. The number of nitrogens with one attached hydrogen (secondary N) is 1. The summed E-state index contributed by atoms with van der Waals surface area (Å²) in [4.78, 5) is 11.1. The van der Waals surface area contributed by atoms with Crippen molar-refractivity contribution in [3.8, 4) is 5.75 Å². The highest BCUT2D eigenvalue weighted by atomic mass is 16.7. The van der Waals surface area contributed by atoms with Crippen LogP contribution >= 0.6 is 0 Å². The van der Waals surface area contributed by atoms with E-state index < -0.39 is 6.16 Å². The number of hydrogen-bond acceptors (Lipinski definition) is 3. The van der Waals surface area contributed by atoms with Gasteiger partial charge in [0.1, 0.15) is 5.75 Å². The Bertz CT molecular complexity index is 609. The third-order valence-electron chi connectivity index (χ3n) is 4.99. The molecule has 1 aromatic rings. The summed E-state index contributed by atoms with van der Waals surface area (Å²) in [6.45, 7) is 12.6. The molecule has 1 aromatic carbocycles. The summed E-state index contributed by atoms with van der Waals surface area (Å²) in [7, 11) is 0. The van der Waals surface area contributed by atoms with Crippen LogP contribution in [0.4, 0.5) is 10.5 Å².